The summed E-state index contributed by atoms with van der Waals surface area (Å²) in [6.45, 7) is 4.08. The standard InChI is InChI=1S/C28H26F7NO4/c1-3-36(26(39)40-17-20-7-10-24(29)11-8-20)16-22-13-19(6-9-23(14-22)28(33,34)35)4-5-21(15-25(37)38)12-18(2)27(30,31)32/h4-12,14H,2-3,13,15-17H2,1H3,(H,37,38)/b5-4+,21-12+. The van der Waals surface area contributed by atoms with Crippen LogP contribution in [0.25, 0.3) is 0 Å². The predicted octanol–water partition coefficient (Wildman–Crippen LogP) is 7.61. The molecule has 0 spiro atoms. The quantitative estimate of drug-likeness (QED) is 0.231. The Hall–Kier alpha value is -4.09. The molecule has 0 aliphatic heterocycles. The predicted molar refractivity (Wildman–Crippen MR) is 133 cm³/mol. The van der Waals surface area contributed by atoms with E-state index >= 15 is 0 Å². The van der Waals surface area contributed by atoms with Gasteiger partial charge in [0.25, 0.3) is 0 Å². The zero-order valence-electron chi connectivity index (χ0n) is 21.3. The number of rotatable bonds is 10. The number of hydrogen-bond acceptors (Lipinski definition) is 3. The Labute approximate surface area is 225 Å². The smallest absolute Gasteiger partial charge is 0.416 e. The molecule has 0 heterocycles. The van der Waals surface area contributed by atoms with Gasteiger partial charge >= 0.3 is 24.4 Å². The summed E-state index contributed by atoms with van der Waals surface area (Å²) in [5.41, 5.74) is -1.73. The average Bonchev–Trinajstić information content (AvgIpc) is 3.06. The molecular formula is C28H26F7NO4. The molecule has 0 bridgehead atoms. The Morgan fingerprint density at radius 3 is 2.30 bits per heavy atom. The summed E-state index contributed by atoms with van der Waals surface area (Å²) in [5, 5.41) is 9.04. The van der Waals surface area contributed by atoms with Gasteiger partial charge in [0.05, 0.1) is 12.0 Å². The summed E-state index contributed by atoms with van der Waals surface area (Å²) in [6, 6.07) is 5.18. The van der Waals surface area contributed by atoms with E-state index in [1.54, 1.807) is 6.92 Å². The summed E-state index contributed by atoms with van der Waals surface area (Å²) in [7, 11) is 0. The minimum absolute atomic E-state index is 0.0740. The molecule has 1 aromatic rings. The maximum Gasteiger partial charge on any atom is 0.416 e. The number of nitrogens with zero attached hydrogens (tertiary/aromatic N) is 1. The first-order valence-electron chi connectivity index (χ1n) is 11.8. The van der Waals surface area contributed by atoms with Crippen LogP contribution >= 0.6 is 0 Å². The summed E-state index contributed by atoms with van der Waals surface area (Å²) < 4.78 is 97.6. The highest BCUT2D eigenvalue weighted by molar-refractivity contribution is 5.71. The molecule has 1 amide bonds. The van der Waals surface area contributed by atoms with Gasteiger partial charge in [0.2, 0.25) is 0 Å². The lowest BCUT2D eigenvalue weighted by Crippen LogP contribution is -2.33. The third kappa shape index (κ3) is 10.6. The Morgan fingerprint density at radius 1 is 1.10 bits per heavy atom. The molecule has 1 N–H and O–H groups in total. The minimum Gasteiger partial charge on any atom is -0.481 e. The van der Waals surface area contributed by atoms with Gasteiger partial charge in [-0.05, 0) is 66.0 Å². The number of aliphatic carboxylic acids is 1. The zero-order chi connectivity index (χ0) is 30.1. The summed E-state index contributed by atoms with van der Waals surface area (Å²) >= 11 is 0. The Bertz CT molecular complexity index is 1250. The topological polar surface area (TPSA) is 66.8 Å². The third-order valence-electron chi connectivity index (χ3n) is 5.50. The molecule has 1 aliphatic carbocycles. The van der Waals surface area contributed by atoms with Crippen molar-refractivity contribution >= 4 is 12.1 Å². The van der Waals surface area contributed by atoms with Gasteiger partial charge < -0.3 is 14.7 Å². The van der Waals surface area contributed by atoms with Crippen LogP contribution in [-0.4, -0.2) is 47.5 Å². The van der Waals surface area contributed by atoms with Gasteiger partial charge in [-0.1, -0.05) is 36.9 Å². The fourth-order valence-electron chi connectivity index (χ4n) is 3.45. The second-order valence-corrected chi connectivity index (χ2v) is 8.68. The zero-order valence-corrected chi connectivity index (χ0v) is 21.3. The molecule has 0 aromatic heterocycles. The number of carbonyl (C=O) groups excluding carboxylic acids is 1. The van der Waals surface area contributed by atoms with Crippen molar-refractivity contribution in [1.82, 2.24) is 4.90 Å². The van der Waals surface area contributed by atoms with Gasteiger partial charge in [0, 0.05) is 18.7 Å². The van der Waals surface area contributed by atoms with Crippen molar-refractivity contribution in [2.75, 3.05) is 13.1 Å². The van der Waals surface area contributed by atoms with Crippen LogP contribution in [0.15, 0.2) is 95.2 Å². The normalized spacial score (nSPS) is 14.7. The number of carbonyl (C=O) groups is 2. The van der Waals surface area contributed by atoms with Crippen LogP contribution in [0, 0.1) is 5.82 Å². The van der Waals surface area contributed by atoms with Crippen LogP contribution in [0.2, 0.25) is 0 Å². The van der Waals surface area contributed by atoms with Gasteiger partial charge in [-0.3, -0.25) is 4.79 Å². The molecule has 0 unspecified atom stereocenters. The number of hydrogen-bond donors (Lipinski definition) is 1. The summed E-state index contributed by atoms with van der Waals surface area (Å²) in [4.78, 5) is 24.9. The number of allylic oxidation sites excluding steroid dienone is 9. The second kappa shape index (κ2) is 13.8. The number of amides is 1. The van der Waals surface area contributed by atoms with E-state index in [0.717, 1.165) is 29.2 Å². The SMILES string of the molecule is C=C(/C=C(\C=C\C1=CC=C(C(F)(F)F)C=C(CN(CC)C(=O)OCc2ccc(F)cc2)C1)CC(=O)O)C(F)(F)F. The first kappa shape index (κ1) is 32.1. The van der Waals surface area contributed by atoms with Crippen molar-refractivity contribution in [3.63, 3.8) is 0 Å². The molecule has 0 fully saturated rings. The molecule has 40 heavy (non-hydrogen) atoms. The fraction of sp³-hybridized carbons (Fsp3) is 0.286. The van der Waals surface area contributed by atoms with E-state index in [2.05, 4.69) is 6.58 Å². The Kier molecular flexibility index (Phi) is 11.1. The van der Waals surface area contributed by atoms with Crippen molar-refractivity contribution in [1.29, 1.82) is 0 Å². The van der Waals surface area contributed by atoms with Crippen molar-refractivity contribution in [3.8, 4) is 0 Å². The first-order chi connectivity index (χ1) is 18.6. The molecule has 5 nitrogen and oxygen atoms in total. The highest BCUT2D eigenvalue weighted by Gasteiger charge is 2.33. The van der Waals surface area contributed by atoms with Gasteiger partial charge in [0.15, 0.2) is 0 Å². The van der Waals surface area contributed by atoms with E-state index in [-0.39, 0.29) is 42.8 Å². The number of likely N-dealkylation sites (N-methyl/N-ethyl adjacent to an activating group) is 1. The van der Waals surface area contributed by atoms with Gasteiger partial charge in [-0.25, -0.2) is 9.18 Å². The third-order valence-corrected chi connectivity index (χ3v) is 5.50. The van der Waals surface area contributed by atoms with Gasteiger partial charge in [-0.2, -0.15) is 26.3 Å². The lowest BCUT2D eigenvalue weighted by Gasteiger charge is -2.22. The summed E-state index contributed by atoms with van der Waals surface area (Å²) in [6.07, 6.45) is -5.68. The van der Waals surface area contributed by atoms with E-state index in [4.69, 9.17) is 9.84 Å². The van der Waals surface area contributed by atoms with E-state index < -0.39 is 47.8 Å². The summed E-state index contributed by atoms with van der Waals surface area (Å²) in [5.74, 6) is -1.90. The first-order valence-corrected chi connectivity index (χ1v) is 11.8. The van der Waals surface area contributed by atoms with Crippen LogP contribution in [-0.2, 0) is 16.1 Å². The Morgan fingerprint density at radius 2 is 1.75 bits per heavy atom. The van der Waals surface area contributed by atoms with Crippen LogP contribution in [0.5, 0.6) is 0 Å². The monoisotopic (exact) mass is 573 g/mol. The van der Waals surface area contributed by atoms with Crippen molar-refractivity contribution in [2.24, 2.45) is 0 Å². The van der Waals surface area contributed by atoms with Crippen molar-refractivity contribution in [3.05, 3.63) is 107 Å². The number of halogens is 7. The van der Waals surface area contributed by atoms with Gasteiger partial charge in [-0.15, -0.1) is 0 Å². The highest BCUT2D eigenvalue weighted by atomic mass is 19.4. The molecule has 2 rings (SSSR count). The Balaban J connectivity index is 2.28. The molecule has 0 radical (unpaired) electrons. The molecule has 0 saturated heterocycles. The maximum atomic E-state index is 13.6. The highest BCUT2D eigenvalue weighted by Crippen LogP contribution is 2.32. The molecule has 216 valence electrons. The van der Waals surface area contributed by atoms with Crippen molar-refractivity contribution < 1.29 is 50.2 Å². The molecular weight excluding hydrogens is 547 g/mol. The fourth-order valence-corrected chi connectivity index (χ4v) is 3.45. The van der Waals surface area contributed by atoms with Gasteiger partial charge in [0.1, 0.15) is 12.4 Å². The van der Waals surface area contributed by atoms with Crippen LogP contribution in [0.1, 0.15) is 25.3 Å². The van der Waals surface area contributed by atoms with Crippen molar-refractivity contribution in [2.45, 2.75) is 38.7 Å². The number of carboxylic acids is 1. The number of alkyl halides is 6. The van der Waals surface area contributed by atoms with E-state index in [1.807, 2.05) is 0 Å². The molecule has 12 heteroatoms. The lowest BCUT2D eigenvalue weighted by molar-refractivity contribution is -0.136. The van der Waals surface area contributed by atoms with E-state index in [1.165, 1.54) is 30.3 Å². The second-order valence-electron chi connectivity index (χ2n) is 8.68. The molecule has 0 atom stereocenters. The largest absolute Gasteiger partial charge is 0.481 e. The number of benzene rings is 1. The molecule has 0 saturated carbocycles. The van der Waals surface area contributed by atoms with Crippen LogP contribution in [0.3, 0.4) is 0 Å². The number of carboxylic acid groups (broad SMARTS) is 1. The van der Waals surface area contributed by atoms with E-state index in [9.17, 15) is 40.3 Å². The van der Waals surface area contributed by atoms with E-state index in [0.29, 0.717) is 11.6 Å². The van der Waals surface area contributed by atoms with Crippen LogP contribution in [0.4, 0.5) is 35.5 Å². The number of ether oxygens (including phenoxy) is 1. The molecule has 1 aromatic carbocycles. The molecule has 1 aliphatic rings. The average molecular weight is 574 g/mol. The minimum atomic E-state index is -4.80. The van der Waals surface area contributed by atoms with Crippen LogP contribution < -0.4 is 0 Å². The lowest BCUT2D eigenvalue weighted by atomic mass is 10.0. The maximum absolute atomic E-state index is 13.6.